The number of benzene rings is 5. The van der Waals surface area contributed by atoms with Gasteiger partial charge in [0.25, 0.3) is 11.8 Å². The summed E-state index contributed by atoms with van der Waals surface area (Å²) in [4.78, 5) is 58.0. The minimum atomic E-state index is -0.998. The molecule has 2 atom stereocenters. The molecule has 0 aliphatic carbocycles. The minimum Gasteiger partial charge on any atom is -1.00 e. The Morgan fingerprint density at radius 2 is 1.06 bits per heavy atom. The van der Waals surface area contributed by atoms with Crippen LogP contribution in [0.2, 0.25) is 0 Å². The molecule has 0 saturated heterocycles. The maximum atomic E-state index is 15.6. The summed E-state index contributed by atoms with van der Waals surface area (Å²) < 4.78 is 81.9. The fourth-order valence-electron chi connectivity index (χ4n) is 10.9. The number of rotatable bonds is 3. The van der Waals surface area contributed by atoms with Crippen molar-refractivity contribution in [3.05, 3.63) is 234 Å². The van der Waals surface area contributed by atoms with Crippen LogP contribution in [0.3, 0.4) is 0 Å². The maximum Gasteiger partial charge on any atom is 1.00 e. The van der Waals surface area contributed by atoms with Crippen LogP contribution in [-0.2, 0) is 18.1 Å². The molecule has 0 fully saturated rings. The van der Waals surface area contributed by atoms with Crippen LogP contribution >= 0.6 is 23.5 Å². The quantitative estimate of drug-likeness (QED) is 0.157. The fourth-order valence-corrected chi connectivity index (χ4v) is 13.1. The van der Waals surface area contributed by atoms with E-state index in [0.717, 1.165) is 38.6 Å². The Morgan fingerprint density at radius 1 is 0.593 bits per heavy atom. The van der Waals surface area contributed by atoms with Crippen molar-refractivity contribution in [1.82, 2.24) is 19.2 Å². The Hall–Kier alpha value is -7.47. The van der Waals surface area contributed by atoms with Gasteiger partial charge in [0.1, 0.15) is 56.7 Å². The van der Waals surface area contributed by atoms with Gasteiger partial charge in [-0.1, -0.05) is 91.0 Å². The van der Waals surface area contributed by atoms with Crippen molar-refractivity contribution < 1.29 is 77.7 Å². The summed E-state index contributed by atoms with van der Waals surface area (Å²) in [6, 6.07) is 28.0. The number of ether oxygens (including phenoxy) is 3. The van der Waals surface area contributed by atoms with Gasteiger partial charge in [0.15, 0.2) is 46.2 Å². The number of aromatic nitrogens is 2. The first-order valence-corrected chi connectivity index (χ1v) is 27.4. The number of nitrogens with zero attached hydrogens (tertiary/aromatic N) is 6. The second-order valence-electron chi connectivity index (χ2n) is 19.2. The van der Waals surface area contributed by atoms with Gasteiger partial charge >= 0.3 is 18.9 Å². The van der Waals surface area contributed by atoms with Gasteiger partial charge in [-0.05, 0) is 41.7 Å². The second-order valence-corrected chi connectivity index (χ2v) is 21.3. The summed E-state index contributed by atoms with van der Waals surface area (Å²) in [6.45, 7) is 1.32. The Balaban J connectivity index is 0.000000180. The monoisotopic (exact) mass is 1150 g/mol. The van der Waals surface area contributed by atoms with Crippen LogP contribution in [-0.4, -0.2) is 75.7 Å². The number of fused-ring (bicyclic) bond motifs is 14. The largest absolute Gasteiger partial charge is 1.00 e. The van der Waals surface area contributed by atoms with E-state index >= 15 is 8.78 Å². The topological polar surface area (TPSA) is 139 Å². The smallest absolute Gasteiger partial charge is 1.00 e. The van der Waals surface area contributed by atoms with E-state index in [0.29, 0.717) is 37.1 Å². The Labute approximate surface area is 488 Å². The van der Waals surface area contributed by atoms with Crippen molar-refractivity contribution in [1.29, 1.82) is 0 Å². The molecule has 7 aromatic rings. The molecule has 4 bridgehead atoms. The first-order chi connectivity index (χ1) is 38.5. The molecule has 22 heteroatoms. The Morgan fingerprint density at radius 3 is 1.59 bits per heavy atom. The van der Waals surface area contributed by atoms with Crippen molar-refractivity contribution in [2.24, 2.45) is 0 Å². The molecule has 5 aromatic carbocycles. The molecule has 2 aromatic heterocycles. The fraction of sp³-hybridized carbons (Fsp3) is 0.220. The van der Waals surface area contributed by atoms with Crippen LogP contribution < -0.4 is 66.4 Å². The predicted octanol–water partition coefficient (Wildman–Crippen LogP) is 3.72. The van der Waals surface area contributed by atoms with Crippen molar-refractivity contribution in [3.8, 4) is 23.0 Å². The predicted molar refractivity (Wildman–Crippen MR) is 289 cm³/mol. The van der Waals surface area contributed by atoms with E-state index in [-0.39, 0.29) is 122 Å². The first-order valence-electron chi connectivity index (χ1n) is 25.5. The molecule has 0 unspecified atom stereocenters. The average Bonchev–Trinajstić information content (AvgIpc) is 3.89. The molecule has 6 aliphatic rings. The van der Waals surface area contributed by atoms with Gasteiger partial charge < -0.3 is 41.5 Å². The number of carbonyl (C=O) groups excluding carboxylic acids is 2. The molecule has 14 nitrogen and oxygen atoms in total. The summed E-state index contributed by atoms with van der Waals surface area (Å²) >= 11 is 2.81. The standard InChI is InChI=1S/C33H27F2N3O4S.C26H21F2N3O4S.ClH.Li/c34-24-17-26-28-23(29(24)35)19-43-27-12-6-5-11-22(27)30(28)38-20-36(14-7-2-8-16-41-26)33(40)31-32(25(39)13-15-37(31)38)42-18-21-9-3-1-4-10-21;27-17-12-19-21-16(22(17)28)13-36-20-7-3-2-6-15(20)23(21)31-14-29(9-4-1-5-11-35-19)26(34)24-25(33)18(32)8-10-30(24)31;;/h1-6,8-13,15,17,30H,7,14,16,18-20H2;1-3,5-8,10,12,23,33H,4,9,11,13-14H2;1H;/q;;;+1/p-1/b8-2+;5-1+;;/t30-;23-;;/m00../s1. The van der Waals surface area contributed by atoms with E-state index < -0.39 is 57.9 Å². The van der Waals surface area contributed by atoms with E-state index in [2.05, 4.69) is 0 Å². The number of hydrogen-bond donors (Lipinski definition) is 1. The Kier molecular flexibility index (Phi) is 16.8. The van der Waals surface area contributed by atoms with Crippen LogP contribution in [0.4, 0.5) is 17.6 Å². The normalized spacial score (nSPS) is 18.4. The van der Waals surface area contributed by atoms with E-state index in [1.807, 2.05) is 102 Å². The number of halogens is 5. The van der Waals surface area contributed by atoms with Gasteiger partial charge in [-0.3, -0.25) is 38.5 Å². The Bertz CT molecular complexity index is 3800. The molecule has 410 valence electrons. The summed E-state index contributed by atoms with van der Waals surface area (Å²) in [5.41, 5.74) is 2.61. The third kappa shape index (κ3) is 10.5. The molecular weight excluding hydrogens is 1100 g/mol. The maximum absolute atomic E-state index is 15.6. The number of hydrogen-bond acceptors (Lipinski definition) is 12. The number of aromatic hydroxyl groups is 1. The number of pyridine rings is 2. The van der Waals surface area contributed by atoms with Crippen LogP contribution in [0.5, 0.6) is 23.0 Å². The zero-order chi connectivity index (χ0) is 54.5. The van der Waals surface area contributed by atoms with E-state index in [4.69, 9.17) is 14.2 Å². The third-order valence-electron chi connectivity index (χ3n) is 14.6. The van der Waals surface area contributed by atoms with Gasteiger partial charge in [-0.15, -0.1) is 23.5 Å². The molecule has 8 heterocycles. The average molecular weight is 1150 g/mol. The number of carbonyl (C=O) groups is 2. The summed E-state index contributed by atoms with van der Waals surface area (Å²) in [5.74, 6) is -4.59. The van der Waals surface area contributed by atoms with Crippen LogP contribution in [0.1, 0.15) is 84.8 Å². The zero-order valence-electron chi connectivity index (χ0n) is 43.4. The summed E-state index contributed by atoms with van der Waals surface area (Å²) in [6.07, 6.45) is 11.3. The van der Waals surface area contributed by atoms with E-state index in [1.54, 1.807) is 31.8 Å². The van der Waals surface area contributed by atoms with E-state index in [9.17, 15) is 33.1 Å². The minimum absolute atomic E-state index is 0. The molecule has 0 radical (unpaired) electrons. The third-order valence-corrected chi connectivity index (χ3v) is 16.8. The molecule has 2 amide bonds. The molecule has 6 aliphatic heterocycles. The van der Waals surface area contributed by atoms with Gasteiger partial charge in [0.05, 0.1) is 0 Å². The van der Waals surface area contributed by atoms with Crippen molar-refractivity contribution >= 4 is 35.3 Å². The van der Waals surface area contributed by atoms with E-state index in [1.165, 1.54) is 46.5 Å². The summed E-state index contributed by atoms with van der Waals surface area (Å²) in [5, 5.41) is 14.3. The molecule has 0 spiro atoms. The van der Waals surface area contributed by atoms with Crippen molar-refractivity contribution in [2.45, 2.75) is 52.8 Å². The molecule has 1 N–H and O–H groups in total. The van der Waals surface area contributed by atoms with Gasteiger partial charge in [0, 0.05) is 93.3 Å². The van der Waals surface area contributed by atoms with Gasteiger partial charge in [-0.2, -0.15) is 0 Å². The molecule has 13 rings (SSSR count). The summed E-state index contributed by atoms with van der Waals surface area (Å²) in [7, 11) is 0. The zero-order valence-corrected chi connectivity index (χ0v) is 45.8. The van der Waals surface area contributed by atoms with Gasteiger partial charge in [-0.25, -0.2) is 17.6 Å². The SMILES string of the molecule is O=C1c2c(O)c(=O)ccn2N2CN1CC/C=C/COc1cc(F)c(F)c3c1[C@@H]2c1ccccc1SC3.O=C1c2c(OCc3ccccc3)c(=O)ccn2N2CN1CC/C=C/COc1cc(F)c(F)c3c1[C@@H]2c1ccccc1SC3.[Cl-].[Li+]. The molecule has 81 heavy (non-hydrogen) atoms. The number of amides is 2. The van der Waals surface area contributed by atoms with Crippen LogP contribution in [0, 0.1) is 23.3 Å². The first kappa shape index (κ1) is 56.8. The second kappa shape index (κ2) is 23.9. The van der Waals surface area contributed by atoms with Crippen molar-refractivity contribution in [2.75, 3.05) is 49.7 Å². The van der Waals surface area contributed by atoms with Gasteiger partial charge in [0.2, 0.25) is 10.9 Å². The van der Waals surface area contributed by atoms with Crippen LogP contribution in [0.15, 0.2) is 159 Å². The van der Waals surface area contributed by atoms with Crippen molar-refractivity contribution in [3.63, 3.8) is 0 Å². The molecular formula is C59H48ClF4LiN6O8S2. The number of thioether (sulfide) groups is 2. The van der Waals surface area contributed by atoms with Crippen LogP contribution in [0.25, 0.3) is 0 Å². The molecule has 0 saturated carbocycles.